The highest BCUT2D eigenvalue weighted by molar-refractivity contribution is 7.89. The summed E-state index contributed by atoms with van der Waals surface area (Å²) in [4.78, 5) is 0.371. The Morgan fingerprint density at radius 1 is 1.19 bits per heavy atom. The van der Waals surface area contributed by atoms with Gasteiger partial charge in [-0.2, -0.15) is 4.31 Å². The van der Waals surface area contributed by atoms with E-state index in [0.29, 0.717) is 23.8 Å². The minimum absolute atomic E-state index is 0.0697. The summed E-state index contributed by atoms with van der Waals surface area (Å²) < 4.78 is 27.2. The average molecular weight is 311 g/mol. The number of sulfonamides is 1. The van der Waals surface area contributed by atoms with E-state index in [9.17, 15) is 8.42 Å². The first kappa shape index (κ1) is 16.5. The van der Waals surface area contributed by atoms with Crippen molar-refractivity contribution in [1.29, 1.82) is 0 Å². The van der Waals surface area contributed by atoms with E-state index in [0.717, 1.165) is 24.8 Å². The Balaban J connectivity index is 2.18. The number of nitrogens with zero attached hydrogens (tertiary/aromatic N) is 1. The summed E-state index contributed by atoms with van der Waals surface area (Å²) in [7, 11) is -3.40. The van der Waals surface area contributed by atoms with Gasteiger partial charge in [-0.3, -0.25) is 0 Å². The molecule has 5 heteroatoms. The van der Waals surface area contributed by atoms with Crippen LogP contribution in [0.5, 0.6) is 0 Å². The molecule has 118 valence electrons. The molecule has 0 amide bonds. The molecule has 0 aliphatic carbocycles. The van der Waals surface area contributed by atoms with Crippen LogP contribution in [-0.2, 0) is 16.4 Å². The van der Waals surface area contributed by atoms with E-state index in [1.54, 1.807) is 16.4 Å². The highest BCUT2D eigenvalue weighted by Crippen LogP contribution is 2.28. The molecule has 21 heavy (non-hydrogen) atoms. The van der Waals surface area contributed by atoms with Gasteiger partial charge >= 0.3 is 0 Å². The largest absolute Gasteiger partial charge is 0.396 e. The highest BCUT2D eigenvalue weighted by Gasteiger charge is 2.33. The first-order chi connectivity index (χ1) is 9.95. The Morgan fingerprint density at radius 2 is 1.86 bits per heavy atom. The first-order valence-electron chi connectivity index (χ1n) is 7.67. The quantitative estimate of drug-likeness (QED) is 0.908. The lowest BCUT2D eigenvalue weighted by atomic mass is 9.97. The molecule has 1 saturated heterocycles. The molecule has 2 unspecified atom stereocenters. The second-order valence-electron chi connectivity index (χ2n) is 6.08. The van der Waals surface area contributed by atoms with Crippen LogP contribution in [0.2, 0.25) is 0 Å². The maximum Gasteiger partial charge on any atom is 0.243 e. The molecule has 0 bridgehead atoms. The van der Waals surface area contributed by atoms with E-state index < -0.39 is 10.0 Å². The molecule has 1 aliphatic heterocycles. The number of aryl methyl sites for hydroxylation is 1. The van der Waals surface area contributed by atoms with E-state index in [2.05, 4.69) is 6.92 Å². The summed E-state index contributed by atoms with van der Waals surface area (Å²) >= 11 is 0. The van der Waals surface area contributed by atoms with Crippen LogP contribution in [-0.4, -0.2) is 37.0 Å². The Labute approximate surface area is 127 Å². The lowest BCUT2D eigenvalue weighted by Crippen LogP contribution is -2.44. The van der Waals surface area contributed by atoms with Gasteiger partial charge in [0.15, 0.2) is 0 Å². The van der Waals surface area contributed by atoms with Gasteiger partial charge in [-0.1, -0.05) is 19.1 Å². The molecule has 1 fully saturated rings. The SMILES string of the molecule is CC1CCC(C)N(S(=O)(=O)c2ccc(CCCO)cc2)C1. The molecular formula is C16H25NO3S. The second kappa shape index (κ2) is 6.90. The van der Waals surface area contributed by atoms with E-state index in [4.69, 9.17) is 5.11 Å². The van der Waals surface area contributed by atoms with Gasteiger partial charge in [-0.05, 0) is 56.2 Å². The zero-order chi connectivity index (χ0) is 15.5. The van der Waals surface area contributed by atoms with Crippen LogP contribution in [0.15, 0.2) is 29.2 Å². The zero-order valence-corrected chi connectivity index (χ0v) is 13.6. The topological polar surface area (TPSA) is 57.6 Å². The highest BCUT2D eigenvalue weighted by atomic mass is 32.2. The predicted octanol–water partition coefficient (Wildman–Crippen LogP) is 2.42. The van der Waals surface area contributed by atoms with Gasteiger partial charge in [0, 0.05) is 19.2 Å². The fourth-order valence-corrected chi connectivity index (χ4v) is 4.61. The zero-order valence-electron chi connectivity index (χ0n) is 12.8. The Kier molecular flexibility index (Phi) is 5.41. The van der Waals surface area contributed by atoms with E-state index in [1.165, 1.54) is 0 Å². The third-order valence-electron chi connectivity index (χ3n) is 4.21. The standard InChI is InChI=1S/C16H25NO3S/c1-13-5-6-14(2)17(12-13)21(19,20)16-9-7-15(8-10-16)4-3-11-18/h7-10,13-14,18H,3-6,11-12H2,1-2H3. The Morgan fingerprint density at radius 3 is 2.48 bits per heavy atom. The van der Waals surface area contributed by atoms with Gasteiger partial charge in [-0.25, -0.2) is 8.42 Å². The Hall–Kier alpha value is -0.910. The van der Waals surface area contributed by atoms with Gasteiger partial charge in [0.05, 0.1) is 4.90 Å². The van der Waals surface area contributed by atoms with E-state index >= 15 is 0 Å². The molecule has 1 aromatic rings. The maximum atomic E-state index is 12.8. The van der Waals surface area contributed by atoms with Crippen molar-refractivity contribution in [2.75, 3.05) is 13.2 Å². The monoisotopic (exact) mass is 311 g/mol. The minimum Gasteiger partial charge on any atom is -0.396 e. The predicted molar refractivity (Wildman–Crippen MR) is 83.6 cm³/mol. The molecule has 1 aromatic carbocycles. The minimum atomic E-state index is -3.40. The van der Waals surface area contributed by atoms with Crippen LogP contribution in [0.3, 0.4) is 0 Å². The van der Waals surface area contributed by atoms with Crippen LogP contribution in [0.25, 0.3) is 0 Å². The van der Waals surface area contributed by atoms with Crippen molar-refractivity contribution in [2.24, 2.45) is 5.92 Å². The molecule has 0 saturated carbocycles. The average Bonchev–Trinajstić information content (AvgIpc) is 2.48. The van der Waals surface area contributed by atoms with Crippen molar-refractivity contribution in [3.05, 3.63) is 29.8 Å². The summed E-state index contributed by atoms with van der Waals surface area (Å²) in [6.07, 6.45) is 3.49. The van der Waals surface area contributed by atoms with Crippen LogP contribution in [0, 0.1) is 5.92 Å². The van der Waals surface area contributed by atoms with Gasteiger partial charge in [0.2, 0.25) is 10.0 Å². The molecule has 0 radical (unpaired) electrons. The Bertz CT molecular complexity index is 553. The van der Waals surface area contributed by atoms with E-state index in [1.807, 2.05) is 19.1 Å². The lowest BCUT2D eigenvalue weighted by molar-refractivity contribution is 0.218. The lowest BCUT2D eigenvalue weighted by Gasteiger charge is -2.35. The first-order valence-corrected chi connectivity index (χ1v) is 9.11. The van der Waals surface area contributed by atoms with Gasteiger partial charge in [0.1, 0.15) is 0 Å². The molecule has 1 aliphatic rings. The van der Waals surface area contributed by atoms with Crippen molar-refractivity contribution in [2.45, 2.75) is 50.5 Å². The van der Waals surface area contributed by atoms with Gasteiger partial charge in [0.25, 0.3) is 0 Å². The van der Waals surface area contributed by atoms with Crippen molar-refractivity contribution in [3.63, 3.8) is 0 Å². The van der Waals surface area contributed by atoms with Crippen molar-refractivity contribution < 1.29 is 13.5 Å². The third-order valence-corrected chi connectivity index (χ3v) is 6.21. The van der Waals surface area contributed by atoms with Crippen molar-refractivity contribution in [1.82, 2.24) is 4.31 Å². The summed E-state index contributed by atoms with van der Waals surface area (Å²) in [5.41, 5.74) is 1.06. The summed E-state index contributed by atoms with van der Waals surface area (Å²) in [5, 5.41) is 8.83. The number of aliphatic hydroxyl groups is 1. The second-order valence-corrected chi connectivity index (χ2v) is 7.97. The van der Waals surface area contributed by atoms with E-state index in [-0.39, 0.29) is 12.6 Å². The smallest absolute Gasteiger partial charge is 0.243 e. The molecular weight excluding hydrogens is 286 g/mol. The number of hydrogen-bond donors (Lipinski definition) is 1. The van der Waals surface area contributed by atoms with Crippen LogP contribution < -0.4 is 0 Å². The molecule has 0 aromatic heterocycles. The van der Waals surface area contributed by atoms with Crippen molar-refractivity contribution >= 4 is 10.0 Å². The maximum absolute atomic E-state index is 12.8. The molecule has 1 heterocycles. The van der Waals surface area contributed by atoms with Crippen LogP contribution in [0.4, 0.5) is 0 Å². The van der Waals surface area contributed by atoms with Gasteiger partial charge in [-0.15, -0.1) is 0 Å². The number of piperidine rings is 1. The molecule has 2 atom stereocenters. The van der Waals surface area contributed by atoms with Crippen LogP contribution in [0.1, 0.15) is 38.7 Å². The molecule has 1 N–H and O–H groups in total. The number of aliphatic hydroxyl groups excluding tert-OH is 1. The third kappa shape index (κ3) is 3.84. The fraction of sp³-hybridized carbons (Fsp3) is 0.625. The normalized spacial score (nSPS) is 24.1. The molecule has 2 rings (SSSR count). The molecule has 0 spiro atoms. The summed E-state index contributed by atoms with van der Waals surface area (Å²) in [6.45, 7) is 4.85. The van der Waals surface area contributed by atoms with Crippen LogP contribution >= 0.6 is 0 Å². The number of benzene rings is 1. The van der Waals surface area contributed by atoms with Gasteiger partial charge < -0.3 is 5.11 Å². The van der Waals surface area contributed by atoms with Crippen molar-refractivity contribution in [3.8, 4) is 0 Å². The fourth-order valence-electron chi connectivity index (χ4n) is 2.83. The summed E-state index contributed by atoms with van der Waals surface area (Å²) in [6, 6.07) is 7.14. The summed E-state index contributed by atoms with van der Waals surface area (Å²) in [5.74, 6) is 0.416. The number of rotatable bonds is 5. The number of hydrogen-bond acceptors (Lipinski definition) is 3. The molecule has 4 nitrogen and oxygen atoms in total.